The number of rotatable bonds is 2. The highest BCUT2D eigenvalue weighted by Crippen LogP contribution is 2.25. The lowest BCUT2D eigenvalue weighted by Gasteiger charge is -2.10. The van der Waals surface area contributed by atoms with Crippen molar-refractivity contribution >= 4 is 22.3 Å². The van der Waals surface area contributed by atoms with E-state index in [2.05, 4.69) is 4.98 Å². The minimum atomic E-state index is 0.754. The Labute approximate surface area is 113 Å². The first-order valence-electron chi connectivity index (χ1n) is 6.41. The van der Waals surface area contributed by atoms with Gasteiger partial charge in [-0.15, -0.1) is 0 Å². The van der Waals surface area contributed by atoms with Crippen molar-refractivity contribution in [3.63, 3.8) is 0 Å². The Morgan fingerprint density at radius 3 is 2.53 bits per heavy atom. The summed E-state index contributed by atoms with van der Waals surface area (Å²) in [6, 6.07) is 3.81. The zero-order chi connectivity index (χ0) is 14.0. The average molecular weight is 253 g/mol. The van der Waals surface area contributed by atoms with E-state index in [1.165, 1.54) is 0 Å². The molecule has 0 aliphatic rings. The summed E-state index contributed by atoms with van der Waals surface area (Å²) in [6.07, 6.45) is 6.10. The molecule has 2 N–H and O–H groups in total. The molecule has 3 heteroatoms. The van der Waals surface area contributed by atoms with E-state index in [0.29, 0.717) is 0 Å². The molecule has 0 fully saturated rings. The van der Waals surface area contributed by atoms with Crippen LogP contribution in [0.3, 0.4) is 0 Å². The fourth-order valence-corrected chi connectivity index (χ4v) is 2.12. The van der Waals surface area contributed by atoms with Gasteiger partial charge in [0, 0.05) is 5.69 Å². The van der Waals surface area contributed by atoms with Gasteiger partial charge in [-0.05, 0) is 51.0 Å². The van der Waals surface area contributed by atoms with Crippen LogP contribution in [-0.4, -0.2) is 9.97 Å². The van der Waals surface area contributed by atoms with Crippen LogP contribution in [-0.2, 0) is 0 Å². The molecule has 98 valence electrons. The quantitative estimate of drug-likeness (QED) is 0.654. The highest BCUT2D eigenvalue weighted by Gasteiger charge is 2.10. The van der Waals surface area contributed by atoms with Gasteiger partial charge in [-0.1, -0.05) is 18.2 Å². The van der Waals surface area contributed by atoms with Gasteiger partial charge in [0.1, 0.15) is 0 Å². The third-order valence-corrected chi connectivity index (χ3v) is 3.24. The van der Waals surface area contributed by atoms with E-state index >= 15 is 0 Å². The fourth-order valence-electron chi connectivity index (χ4n) is 2.12. The van der Waals surface area contributed by atoms with Crippen molar-refractivity contribution < 1.29 is 0 Å². The van der Waals surface area contributed by atoms with Crippen molar-refractivity contribution in [2.24, 2.45) is 0 Å². The molecule has 0 saturated heterocycles. The maximum Gasteiger partial charge on any atom is 0.0944 e. The van der Waals surface area contributed by atoms with Gasteiger partial charge in [-0.25, -0.2) is 9.97 Å². The lowest BCUT2D eigenvalue weighted by atomic mass is 10.1. The predicted molar refractivity (Wildman–Crippen MR) is 81.9 cm³/mol. The van der Waals surface area contributed by atoms with E-state index in [0.717, 1.165) is 39.2 Å². The Morgan fingerprint density at radius 1 is 1.16 bits per heavy atom. The molecule has 0 aliphatic carbocycles. The maximum absolute atomic E-state index is 5.94. The lowest BCUT2D eigenvalue weighted by molar-refractivity contribution is 1.15. The summed E-state index contributed by atoms with van der Waals surface area (Å²) in [5.74, 6) is 0. The van der Waals surface area contributed by atoms with Gasteiger partial charge in [0.2, 0.25) is 0 Å². The summed E-state index contributed by atoms with van der Waals surface area (Å²) in [6.45, 7) is 7.97. The lowest BCUT2D eigenvalue weighted by Crippen LogP contribution is -2.00. The van der Waals surface area contributed by atoms with Crippen LogP contribution < -0.4 is 5.73 Å². The number of fused-ring (bicyclic) bond motifs is 1. The zero-order valence-corrected chi connectivity index (χ0v) is 11.9. The number of allylic oxidation sites excluding steroid dienone is 4. The summed E-state index contributed by atoms with van der Waals surface area (Å²) in [5, 5.41) is 0. The van der Waals surface area contributed by atoms with E-state index in [9.17, 15) is 0 Å². The molecule has 1 heterocycles. The Morgan fingerprint density at radius 2 is 1.89 bits per heavy atom. The van der Waals surface area contributed by atoms with Crippen LogP contribution in [0, 0.1) is 13.8 Å². The van der Waals surface area contributed by atoms with Crippen LogP contribution in [0.15, 0.2) is 30.4 Å². The maximum atomic E-state index is 5.94. The summed E-state index contributed by atoms with van der Waals surface area (Å²) in [5.41, 5.74) is 12.4. The number of aromatic nitrogens is 2. The zero-order valence-electron chi connectivity index (χ0n) is 11.9. The number of hydrogen-bond acceptors (Lipinski definition) is 3. The summed E-state index contributed by atoms with van der Waals surface area (Å²) in [7, 11) is 0. The Balaban J connectivity index is 2.76. The van der Waals surface area contributed by atoms with Crippen LogP contribution in [0.25, 0.3) is 16.6 Å². The summed E-state index contributed by atoms with van der Waals surface area (Å²) < 4.78 is 0. The van der Waals surface area contributed by atoms with Crippen molar-refractivity contribution in [3.05, 3.63) is 47.3 Å². The van der Waals surface area contributed by atoms with Gasteiger partial charge in [0.15, 0.2) is 0 Å². The van der Waals surface area contributed by atoms with Crippen LogP contribution in [0.5, 0.6) is 0 Å². The molecule has 0 spiro atoms. The fraction of sp³-hybridized carbons (Fsp3) is 0.250. The van der Waals surface area contributed by atoms with Crippen molar-refractivity contribution in [3.8, 4) is 0 Å². The van der Waals surface area contributed by atoms with E-state index in [-0.39, 0.29) is 0 Å². The Hall–Kier alpha value is -2.16. The molecule has 2 aromatic rings. The molecule has 0 bridgehead atoms. The first-order chi connectivity index (χ1) is 9.08. The van der Waals surface area contributed by atoms with Crippen LogP contribution in [0.4, 0.5) is 5.69 Å². The summed E-state index contributed by atoms with van der Waals surface area (Å²) >= 11 is 0. The Bertz CT molecular complexity index is 682. The van der Waals surface area contributed by atoms with Crippen LogP contribution in [0.1, 0.15) is 30.8 Å². The van der Waals surface area contributed by atoms with Gasteiger partial charge in [-0.3, -0.25) is 0 Å². The number of hydrogen-bond donors (Lipinski definition) is 1. The molecule has 1 aromatic heterocycles. The highest BCUT2D eigenvalue weighted by molar-refractivity contribution is 5.85. The smallest absolute Gasteiger partial charge is 0.0944 e. The second kappa shape index (κ2) is 5.22. The summed E-state index contributed by atoms with van der Waals surface area (Å²) in [4.78, 5) is 9.40. The van der Waals surface area contributed by atoms with Crippen molar-refractivity contribution in [2.45, 2.75) is 27.7 Å². The van der Waals surface area contributed by atoms with Crippen LogP contribution in [0.2, 0.25) is 0 Å². The number of nitrogens with zero attached hydrogens (tertiary/aromatic N) is 2. The average Bonchev–Trinajstić information content (AvgIpc) is 2.40. The van der Waals surface area contributed by atoms with Gasteiger partial charge in [-0.2, -0.15) is 0 Å². The molecule has 0 saturated carbocycles. The number of nitrogen functional groups attached to an aromatic ring is 1. The van der Waals surface area contributed by atoms with Gasteiger partial charge in [0.05, 0.1) is 22.4 Å². The normalized spacial score (nSPS) is 12.5. The minimum Gasteiger partial charge on any atom is -0.398 e. The molecule has 2 rings (SSSR count). The van der Waals surface area contributed by atoms with Crippen molar-refractivity contribution in [1.82, 2.24) is 9.97 Å². The molecule has 0 amide bonds. The molecule has 0 radical (unpaired) electrons. The highest BCUT2D eigenvalue weighted by atomic mass is 14.8. The van der Waals surface area contributed by atoms with E-state index in [1.807, 2.05) is 58.1 Å². The van der Waals surface area contributed by atoms with Crippen molar-refractivity contribution in [2.75, 3.05) is 5.73 Å². The van der Waals surface area contributed by atoms with Gasteiger partial charge in [0.25, 0.3) is 0 Å². The van der Waals surface area contributed by atoms with Crippen molar-refractivity contribution in [1.29, 1.82) is 0 Å². The SMILES string of the molecule is C/C=C\C(=C/C)c1nc2c(C)c(N)ccc2nc1C. The molecule has 0 aliphatic heterocycles. The monoisotopic (exact) mass is 253 g/mol. The largest absolute Gasteiger partial charge is 0.398 e. The molecular weight excluding hydrogens is 234 g/mol. The van der Waals surface area contributed by atoms with Gasteiger partial charge < -0.3 is 5.73 Å². The Kier molecular flexibility index (Phi) is 3.65. The van der Waals surface area contributed by atoms with E-state index in [1.54, 1.807) is 0 Å². The van der Waals surface area contributed by atoms with E-state index in [4.69, 9.17) is 10.7 Å². The topological polar surface area (TPSA) is 51.8 Å². The number of nitrogens with two attached hydrogens (primary N) is 1. The third kappa shape index (κ3) is 2.36. The first-order valence-corrected chi connectivity index (χ1v) is 6.41. The molecular formula is C16H19N3. The predicted octanol–water partition coefficient (Wildman–Crippen LogP) is 3.81. The van der Waals surface area contributed by atoms with Gasteiger partial charge >= 0.3 is 0 Å². The molecule has 19 heavy (non-hydrogen) atoms. The number of benzene rings is 1. The van der Waals surface area contributed by atoms with Crippen LogP contribution >= 0.6 is 0 Å². The minimum absolute atomic E-state index is 0.754. The van der Waals surface area contributed by atoms with E-state index < -0.39 is 0 Å². The molecule has 1 aromatic carbocycles. The number of anilines is 1. The first kappa shape index (κ1) is 13.3. The molecule has 3 nitrogen and oxygen atoms in total. The standard InChI is InChI=1S/C16H19N3/c1-5-7-12(6-2)16-11(4)18-14-9-8-13(17)10(3)15(14)19-16/h5-9H,17H2,1-4H3/b7-5-,12-6+. The second-order valence-electron chi connectivity index (χ2n) is 4.55. The molecule has 0 unspecified atom stereocenters. The molecule has 0 atom stereocenters. The second-order valence-corrected chi connectivity index (χ2v) is 4.55. The third-order valence-electron chi connectivity index (χ3n) is 3.24. The number of aryl methyl sites for hydroxylation is 2.